The third kappa shape index (κ3) is 6.10. The molecule has 240 valence electrons. The molecule has 1 saturated heterocycles. The van der Waals surface area contributed by atoms with Gasteiger partial charge in [-0.3, -0.25) is 20.0 Å². The van der Waals surface area contributed by atoms with Crippen molar-refractivity contribution < 1.29 is 21.9 Å². The summed E-state index contributed by atoms with van der Waals surface area (Å²) in [5.41, 5.74) is 36.0. The highest BCUT2D eigenvalue weighted by Gasteiger charge is 2.43. The van der Waals surface area contributed by atoms with Gasteiger partial charge in [0.2, 0.25) is 5.71 Å². The van der Waals surface area contributed by atoms with E-state index in [2.05, 4.69) is 21.7 Å². The van der Waals surface area contributed by atoms with Gasteiger partial charge in [0.25, 0.3) is 5.56 Å². The molecule has 45 heavy (non-hydrogen) atoms. The van der Waals surface area contributed by atoms with E-state index >= 15 is 0 Å². The number of benzene rings is 2. The van der Waals surface area contributed by atoms with E-state index in [1.54, 1.807) is 19.1 Å². The summed E-state index contributed by atoms with van der Waals surface area (Å²) in [5.74, 6) is 0.704. The maximum atomic E-state index is 12.4. The number of fused-ring (bicyclic) bond motifs is 4. The molecule has 2 aromatic carbocycles. The first-order valence-corrected chi connectivity index (χ1v) is 15.2. The second-order valence-corrected chi connectivity index (χ2v) is 11.5. The third-order valence-electron chi connectivity index (χ3n) is 8.53. The van der Waals surface area contributed by atoms with Gasteiger partial charge in [0, 0.05) is 49.7 Å². The molecule has 1 amide bonds. The Labute approximate surface area is 267 Å². The van der Waals surface area contributed by atoms with Crippen molar-refractivity contribution in [3.63, 3.8) is 0 Å². The van der Waals surface area contributed by atoms with Gasteiger partial charge in [-0.05, 0) is 67.5 Å². The van der Waals surface area contributed by atoms with Crippen molar-refractivity contribution in [1.29, 1.82) is 0 Å². The van der Waals surface area contributed by atoms with Crippen molar-refractivity contribution in [1.82, 2.24) is 14.4 Å². The number of aromatic nitrogens is 2. The predicted octanol–water partition coefficient (Wildman–Crippen LogP) is -1.92. The molecule has 0 radical (unpaired) electrons. The van der Waals surface area contributed by atoms with Crippen molar-refractivity contribution >= 4 is 57.4 Å². The lowest BCUT2D eigenvalue weighted by Gasteiger charge is -2.19. The average molecular weight is 637 g/mol. The first kappa shape index (κ1) is 31.6. The number of hydrogen-bond acceptors (Lipinski definition) is 10. The third-order valence-corrected chi connectivity index (χ3v) is 8.53. The van der Waals surface area contributed by atoms with Crippen LogP contribution in [0.4, 0.5) is 39.9 Å². The fourth-order valence-corrected chi connectivity index (χ4v) is 6.21. The zero-order valence-electron chi connectivity index (χ0n) is 25.2. The molecule has 1 fully saturated rings. The SMILES string of the molecule is NC1=[N+]2CCCN2C(=O)C1=Nc1cc2c(cc1N)NCCC2.Nc1c(N)n2n(c1=O)CCC2.Nc1ccc2c(c1)NCCC2.[Cl-]. The number of nitrogens with one attached hydrogen (secondary N) is 2. The fourth-order valence-electron chi connectivity index (χ4n) is 6.21. The van der Waals surface area contributed by atoms with Crippen LogP contribution in [0.1, 0.15) is 36.8 Å². The van der Waals surface area contributed by atoms with Gasteiger partial charge in [0.1, 0.15) is 18.1 Å². The van der Waals surface area contributed by atoms with E-state index in [1.807, 2.05) is 24.3 Å². The highest BCUT2D eigenvalue weighted by molar-refractivity contribution is 6.66. The quantitative estimate of drug-likeness (QED) is 0.117. The predicted molar refractivity (Wildman–Crippen MR) is 175 cm³/mol. The summed E-state index contributed by atoms with van der Waals surface area (Å²) in [7, 11) is 0. The molecule has 15 heteroatoms. The number of halogens is 1. The van der Waals surface area contributed by atoms with Crippen LogP contribution in [0.2, 0.25) is 0 Å². The molecule has 12 N–H and O–H groups in total. The number of anilines is 6. The number of rotatable bonds is 1. The number of carbonyl (C=O) groups excluding carboxylic acids is 1. The standard InChI is InChI=1S/C15H18N6O.C9H12N2.C6H10N4O.ClH/c16-10-8-11-9(3-1-4-18-11)7-12(10)19-13-14(17)20-5-2-6-21(20)15(13)22;10-8-4-3-7-2-1-5-11-9(7)6-8;7-4-5(8)9-2-1-3-10(9)6(4)11;/h7-8H,1-6H2,(H4,16,17,18,22);3-4,6,11H,1-2,5,10H2;1-3,7-8H2;1H. The van der Waals surface area contributed by atoms with E-state index in [0.29, 0.717) is 35.3 Å². The monoisotopic (exact) mass is 636 g/mol. The molecule has 0 atom stereocenters. The van der Waals surface area contributed by atoms with E-state index < -0.39 is 0 Å². The molecule has 0 aliphatic carbocycles. The van der Waals surface area contributed by atoms with Crippen LogP contribution in [0.25, 0.3) is 0 Å². The van der Waals surface area contributed by atoms with Crippen molar-refractivity contribution in [3.05, 3.63) is 51.8 Å². The van der Waals surface area contributed by atoms with Crippen LogP contribution in [-0.4, -0.2) is 62.7 Å². The molecular formula is C30H41ClN12O2. The normalized spacial score (nSPS) is 18.3. The van der Waals surface area contributed by atoms with Crippen LogP contribution in [0.15, 0.2) is 40.1 Å². The number of amidine groups is 1. The molecule has 3 aromatic rings. The van der Waals surface area contributed by atoms with Crippen LogP contribution in [0.3, 0.4) is 0 Å². The Morgan fingerprint density at radius 3 is 2.18 bits per heavy atom. The maximum Gasteiger partial charge on any atom is 0.323 e. The number of hydrazone groups is 1. The van der Waals surface area contributed by atoms with Gasteiger partial charge in [-0.25, -0.2) is 9.67 Å². The van der Waals surface area contributed by atoms with E-state index in [9.17, 15) is 9.59 Å². The Hall–Kier alpha value is -4.85. The van der Waals surface area contributed by atoms with Crippen LogP contribution >= 0.6 is 0 Å². The highest BCUT2D eigenvalue weighted by Crippen LogP contribution is 2.33. The Bertz CT molecular complexity index is 1740. The topological polar surface area (TPSA) is 217 Å². The summed E-state index contributed by atoms with van der Waals surface area (Å²) < 4.78 is 5.12. The number of carbonyl (C=O) groups is 1. The lowest BCUT2D eigenvalue weighted by molar-refractivity contribution is -0.641. The molecule has 14 nitrogen and oxygen atoms in total. The van der Waals surface area contributed by atoms with E-state index in [1.165, 1.54) is 29.7 Å². The summed E-state index contributed by atoms with van der Waals surface area (Å²) in [6.07, 6.45) is 6.40. The van der Waals surface area contributed by atoms with Gasteiger partial charge < -0.3 is 46.0 Å². The Balaban J connectivity index is 0.000000146. The van der Waals surface area contributed by atoms with Gasteiger partial charge in [0.05, 0.1) is 17.9 Å². The number of nitrogens with zero attached hydrogens (tertiary/aromatic N) is 5. The Morgan fingerprint density at radius 1 is 0.778 bits per heavy atom. The summed E-state index contributed by atoms with van der Waals surface area (Å²) in [5, 5.41) is 8.31. The molecule has 5 aliphatic heterocycles. The fraction of sp³-hybridized carbons (Fsp3) is 0.400. The zero-order valence-corrected chi connectivity index (χ0v) is 25.9. The van der Waals surface area contributed by atoms with E-state index in [0.717, 1.165) is 69.8 Å². The molecule has 1 aromatic heterocycles. The lowest BCUT2D eigenvalue weighted by atomic mass is 10.0. The van der Waals surface area contributed by atoms with Crippen molar-refractivity contribution in [2.24, 2.45) is 10.7 Å². The molecule has 8 rings (SSSR count). The second kappa shape index (κ2) is 13.0. The largest absolute Gasteiger partial charge is 1.00 e. The smallest absolute Gasteiger partial charge is 0.323 e. The van der Waals surface area contributed by atoms with Crippen LogP contribution < -0.4 is 57.3 Å². The van der Waals surface area contributed by atoms with Crippen LogP contribution in [0.5, 0.6) is 0 Å². The lowest BCUT2D eigenvalue weighted by Crippen LogP contribution is -3.00. The molecule has 6 heterocycles. The molecule has 0 saturated carbocycles. The minimum Gasteiger partial charge on any atom is -1.00 e. The maximum absolute atomic E-state index is 12.4. The van der Waals surface area contributed by atoms with Crippen LogP contribution in [0, 0.1) is 0 Å². The summed E-state index contributed by atoms with van der Waals surface area (Å²) >= 11 is 0. The second-order valence-electron chi connectivity index (χ2n) is 11.5. The van der Waals surface area contributed by atoms with Gasteiger partial charge in [-0.15, -0.1) is 0 Å². The zero-order chi connectivity index (χ0) is 31.0. The summed E-state index contributed by atoms with van der Waals surface area (Å²) in [6.45, 7) is 5.04. The Morgan fingerprint density at radius 2 is 1.47 bits per heavy atom. The number of hydrogen-bond donors (Lipinski definition) is 7. The minimum atomic E-state index is -0.153. The van der Waals surface area contributed by atoms with Crippen molar-refractivity contribution in [3.8, 4) is 0 Å². The first-order chi connectivity index (χ1) is 21.2. The van der Waals surface area contributed by atoms with E-state index in [-0.39, 0.29) is 29.6 Å². The molecule has 0 spiro atoms. The first-order valence-electron chi connectivity index (χ1n) is 15.2. The summed E-state index contributed by atoms with van der Waals surface area (Å²) in [6, 6.07) is 9.94. The molecular weight excluding hydrogens is 596 g/mol. The molecule has 0 bridgehead atoms. The van der Waals surface area contributed by atoms with E-state index in [4.69, 9.17) is 28.7 Å². The van der Waals surface area contributed by atoms with Gasteiger partial charge in [0.15, 0.2) is 0 Å². The highest BCUT2D eigenvalue weighted by atomic mass is 35.5. The average Bonchev–Trinajstić information content (AvgIpc) is 3.80. The van der Waals surface area contributed by atoms with Crippen molar-refractivity contribution in [2.75, 3.05) is 59.7 Å². The number of hydrazine groups is 1. The number of nitrogen functional groups attached to an aromatic ring is 4. The van der Waals surface area contributed by atoms with Gasteiger partial charge in [-0.2, -0.15) is 9.69 Å². The summed E-state index contributed by atoms with van der Waals surface area (Å²) in [4.78, 5) is 28.1. The molecule has 5 aliphatic rings. The van der Waals surface area contributed by atoms with Crippen molar-refractivity contribution in [2.45, 2.75) is 51.6 Å². The van der Waals surface area contributed by atoms with Gasteiger partial charge in [-0.1, -0.05) is 6.07 Å². The minimum absolute atomic E-state index is 0. The molecule has 0 unspecified atom stereocenters. The Kier molecular flexibility index (Phi) is 9.14. The number of aliphatic imine (C=N–C) groups is 1. The number of amides is 1. The van der Waals surface area contributed by atoms with Gasteiger partial charge >= 0.3 is 11.7 Å². The number of nitrogens with two attached hydrogens (primary N) is 5. The van der Waals surface area contributed by atoms with Crippen LogP contribution in [-0.2, 0) is 30.7 Å². The number of aryl methyl sites for hydroxylation is 2.